The molecule has 0 rings (SSSR count). The van der Waals surface area contributed by atoms with E-state index in [-0.39, 0.29) is 23.1 Å². The van der Waals surface area contributed by atoms with E-state index in [0.29, 0.717) is 0 Å². The third kappa shape index (κ3) is 92800. The first-order valence-electron chi connectivity index (χ1n) is 2.40. The normalized spacial score (nSPS) is 9.60. The summed E-state index contributed by atoms with van der Waals surface area (Å²) in [5.74, 6) is 0. The van der Waals surface area contributed by atoms with Gasteiger partial charge >= 0.3 is 38.3 Å². The fourth-order valence-electron chi connectivity index (χ4n) is 0. The van der Waals surface area contributed by atoms with Crippen LogP contribution in [0.15, 0.2) is 0 Å². The molecule has 0 spiro atoms. The zero-order chi connectivity index (χ0) is 12.6. The molecular weight excluding hydrogens is 268 g/mol. The van der Waals surface area contributed by atoms with Gasteiger partial charge in [-0.05, 0) is 0 Å². The molecule has 0 atom stereocenters. The molecule has 8 N–H and O–H groups in total. The molecule has 0 saturated carbocycles. The van der Waals surface area contributed by atoms with Crippen LogP contribution in [-0.2, 0) is 0 Å². The molecule has 0 saturated heterocycles. The van der Waals surface area contributed by atoms with E-state index >= 15 is 0 Å². The van der Waals surface area contributed by atoms with Gasteiger partial charge < -0.3 is 48.6 Å². The van der Waals surface area contributed by atoms with Crippen LogP contribution in [0.25, 0.3) is 0 Å². The van der Waals surface area contributed by atoms with Gasteiger partial charge in [-0.15, -0.1) is 0 Å². The van der Waals surface area contributed by atoms with Crippen molar-refractivity contribution < 1.29 is 53.4 Å². The van der Waals surface area contributed by atoms with E-state index in [0.717, 1.165) is 0 Å². The maximum absolute atomic E-state index is 8.80. The van der Waals surface area contributed by atoms with Crippen molar-refractivity contribution in [3.05, 3.63) is 0 Å². The average molecular weight is 277 g/mol. The molecule has 0 amide bonds. The van der Waals surface area contributed by atoms with E-state index in [9.17, 15) is 0 Å². The van der Waals surface area contributed by atoms with Crippen molar-refractivity contribution in [1.29, 1.82) is 0 Å². The summed E-state index contributed by atoms with van der Waals surface area (Å²) in [5.41, 5.74) is 0. The van der Waals surface area contributed by atoms with Crippen molar-refractivity contribution in [2.75, 3.05) is 0 Å². The zero-order valence-corrected chi connectivity index (χ0v) is 10.4. The summed E-state index contributed by atoms with van der Waals surface area (Å²) in [4.78, 5) is 69.7. The minimum absolute atomic E-state index is 0. The maximum Gasteiger partial charge on any atom is 2.00 e. The van der Waals surface area contributed by atoms with Gasteiger partial charge in [-0.1, -0.05) is 0 Å². The smallest absolute Gasteiger partial charge is 0.828 e. The van der Waals surface area contributed by atoms with Crippen LogP contribution in [0.3, 0.4) is 0 Å². The fourth-order valence-corrected chi connectivity index (χ4v) is 0. The van der Waals surface area contributed by atoms with Gasteiger partial charge in [0.25, 0.3) is 0 Å². The van der Waals surface area contributed by atoms with Crippen molar-refractivity contribution in [2.45, 2.75) is 0 Å². The third-order valence-corrected chi connectivity index (χ3v) is 0. The van der Waals surface area contributed by atoms with Crippen LogP contribution in [0.1, 0.15) is 0 Å². The molecule has 0 aromatic heterocycles. The molecule has 11 nitrogen and oxygen atoms in total. The monoisotopic (exact) mass is 276 g/mol. The number of rotatable bonds is 0. The van der Waals surface area contributed by atoms with Gasteiger partial charge in [-0.3, -0.25) is 0 Å². The Hall–Kier alpha value is 0.150. The molecule has 0 unspecified atom stereocenters. The Balaban J connectivity index is -0.0000000590. The predicted molar refractivity (Wildman–Crippen MR) is 41.2 cm³/mol. The minimum atomic E-state index is -5.11. The Kier molecular flexibility index (Phi) is 17.3. The Labute approximate surface area is 101 Å². The molecule has 0 fully saturated rings. The molecular formula is CH8MgO11Si2. The molecule has 0 aliphatic carbocycles. The van der Waals surface area contributed by atoms with Crippen LogP contribution in [0.2, 0.25) is 0 Å². The molecule has 0 radical (unpaired) electrons. The number of carboxylic acid groups (broad SMARTS) is 2. The molecule has 0 aromatic rings. The number of hydrogen-bond acceptors (Lipinski definition) is 9. The molecule has 0 heterocycles. The molecule has 15 heavy (non-hydrogen) atoms. The first-order valence-corrected chi connectivity index (χ1v) is 5.90. The standard InChI is InChI=1S/CH2O3.Mg.H4O4Si.H2O4Si/c2-1(3)4;;2*1-5(2,3)4/h(H2,2,3,4);;1-4H;1-2H/q;+2;;-2. The van der Waals surface area contributed by atoms with Crippen molar-refractivity contribution in [2.24, 2.45) is 0 Å². The van der Waals surface area contributed by atoms with E-state index in [1.807, 2.05) is 0 Å². The summed E-state index contributed by atoms with van der Waals surface area (Å²) in [6.07, 6.45) is -1.83. The predicted octanol–water partition coefficient (Wildman–Crippen LogP) is -6.64. The van der Waals surface area contributed by atoms with Crippen LogP contribution in [0.4, 0.5) is 4.79 Å². The van der Waals surface area contributed by atoms with Gasteiger partial charge in [-0.2, -0.15) is 0 Å². The summed E-state index contributed by atoms with van der Waals surface area (Å²) in [5, 5.41) is 13.9. The van der Waals surface area contributed by atoms with Crippen molar-refractivity contribution in [1.82, 2.24) is 0 Å². The number of carbonyl (C=O) groups is 1. The summed E-state index contributed by atoms with van der Waals surface area (Å²) >= 11 is 0. The third-order valence-electron chi connectivity index (χ3n) is 0. The first kappa shape index (κ1) is 24.4. The Morgan fingerprint density at radius 3 is 0.867 bits per heavy atom. The Morgan fingerprint density at radius 2 is 0.867 bits per heavy atom. The van der Waals surface area contributed by atoms with Crippen molar-refractivity contribution >= 4 is 47.3 Å². The van der Waals surface area contributed by atoms with Crippen LogP contribution in [-0.4, -0.2) is 86.3 Å². The van der Waals surface area contributed by atoms with E-state index in [1.54, 1.807) is 0 Å². The van der Waals surface area contributed by atoms with Crippen LogP contribution in [0, 0.1) is 0 Å². The topological polar surface area (TPSA) is 225 Å². The molecule has 0 aliphatic heterocycles. The van der Waals surface area contributed by atoms with Crippen LogP contribution >= 0.6 is 0 Å². The van der Waals surface area contributed by atoms with Gasteiger partial charge in [0.1, 0.15) is 9.05 Å². The summed E-state index contributed by atoms with van der Waals surface area (Å²) < 4.78 is 0. The van der Waals surface area contributed by atoms with Crippen LogP contribution in [0.5, 0.6) is 0 Å². The second-order valence-electron chi connectivity index (χ2n) is 1.43. The largest absolute Gasteiger partial charge is 2.00 e. The minimum Gasteiger partial charge on any atom is -0.828 e. The van der Waals surface area contributed by atoms with Crippen molar-refractivity contribution in [3.8, 4) is 0 Å². The van der Waals surface area contributed by atoms with Crippen molar-refractivity contribution in [3.63, 3.8) is 0 Å². The average Bonchev–Trinajstić information content (AvgIpc) is 1.45. The maximum atomic E-state index is 8.80. The molecule has 0 aromatic carbocycles. The van der Waals surface area contributed by atoms with E-state index in [1.165, 1.54) is 0 Å². The van der Waals surface area contributed by atoms with Gasteiger partial charge in [0, 0.05) is 0 Å². The van der Waals surface area contributed by atoms with E-state index < -0.39 is 24.3 Å². The summed E-state index contributed by atoms with van der Waals surface area (Å²) in [6.45, 7) is 0. The fraction of sp³-hybridized carbons (Fsp3) is 0. The van der Waals surface area contributed by atoms with Gasteiger partial charge in [0.05, 0.1) is 0 Å². The second kappa shape index (κ2) is 10.7. The number of hydrogen-bond donors (Lipinski definition) is 8. The van der Waals surface area contributed by atoms with Gasteiger partial charge in [-0.25, -0.2) is 4.79 Å². The summed E-state index contributed by atoms with van der Waals surface area (Å²) in [7, 11) is -9.72. The first-order chi connectivity index (χ1) is 5.73. The van der Waals surface area contributed by atoms with Crippen LogP contribution < -0.4 is 9.59 Å². The quantitative estimate of drug-likeness (QED) is 0.194. The molecule has 0 bridgehead atoms. The second-order valence-corrected chi connectivity index (χ2v) is 3.73. The summed E-state index contributed by atoms with van der Waals surface area (Å²) in [6, 6.07) is 0. The molecule has 88 valence electrons. The molecule has 0 aliphatic rings. The van der Waals surface area contributed by atoms with E-state index in [4.69, 9.17) is 53.4 Å². The van der Waals surface area contributed by atoms with E-state index in [2.05, 4.69) is 0 Å². The Bertz CT molecular complexity index is 118. The Morgan fingerprint density at radius 1 is 0.867 bits per heavy atom. The zero-order valence-electron chi connectivity index (χ0n) is 7.01. The van der Waals surface area contributed by atoms with Gasteiger partial charge in [0.2, 0.25) is 0 Å². The SMILES string of the molecule is O=C(O)O.O[Si](O)(O)O.[Mg+2].[O-][Si]([O-])(O)O. The molecule has 14 heteroatoms. The van der Waals surface area contributed by atoms with Gasteiger partial charge in [0.15, 0.2) is 0 Å².